The molecule has 4 aromatic carbocycles. The minimum Gasteiger partial charge on any atom is -0.248 e. The minimum absolute atomic E-state index is 1.10. The van der Waals surface area contributed by atoms with Crippen LogP contribution in [0.2, 0.25) is 0 Å². The highest BCUT2D eigenvalue weighted by Gasteiger charge is 2.17. The van der Waals surface area contributed by atoms with Gasteiger partial charge < -0.3 is 0 Å². The summed E-state index contributed by atoms with van der Waals surface area (Å²) in [6, 6.07) is 30.6. The van der Waals surface area contributed by atoms with Gasteiger partial charge in [0.05, 0.1) is 22.1 Å². The predicted octanol–water partition coefficient (Wildman–Crippen LogP) is 7.28. The zero-order valence-corrected chi connectivity index (χ0v) is 16.9. The number of fused-ring (bicyclic) bond motifs is 6. The molecule has 0 amide bonds. The van der Waals surface area contributed by atoms with E-state index in [0.29, 0.717) is 0 Å². The minimum atomic E-state index is 1.10. The van der Waals surface area contributed by atoms with Gasteiger partial charge in [0.25, 0.3) is 0 Å². The lowest BCUT2D eigenvalue weighted by Gasteiger charge is -2.13. The van der Waals surface area contributed by atoms with Crippen molar-refractivity contribution >= 4 is 59.5 Å². The Morgan fingerprint density at radius 2 is 1.04 bits per heavy atom. The van der Waals surface area contributed by atoms with Crippen LogP contribution in [0.5, 0.6) is 0 Å². The molecule has 3 heteroatoms. The number of nitrogens with zero attached hydrogens (tertiary/aromatic N) is 2. The summed E-state index contributed by atoms with van der Waals surface area (Å²) in [6.45, 7) is 2.16. The third-order valence-corrected chi connectivity index (χ3v) is 6.11. The molecule has 0 N–H and O–H groups in total. The Bertz CT molecular complexity index is 1420. The smallest absolute Gasteiger partial charge is 0.0717 e. The van der Waals surface area contributed by atoms with Crippen LogP contribution >= 0.6 is 15.9 Å². The van der Waals surface area contributed by atoms with Gasteiger partial charge in [-0.3, -0.25) is 0 Å². The van der Waals surface area contributed by atoms with Crippen molar-refractivity contribution in [3.05, 3.63) is 95.0 Å². The first kappa shape index (κ1) is 16.0. The third-order valence-electron chi connectivity index (χ3n) is 5.61. The summed E-state index contributed by atoms with van der Waals surface area (Å²) in [6.07, 6.45) is 0. The largest absolute Gasteiger partial charge is 0.248 e. The standard InChI is InChI=1S/C25H17BrN2/c1-16-10-12-24-20(14-16)18-6-2-4-8-22(18)27(24)28-23-9-5-3-7-19(23)21-15-17(26)11-13-25(21)28/h2-15H,1H3. The molecular formula is C25H17BrN2. The molecule has 0 saturated heterocycles. The Morgan fingerprint density at radius 1 is 0.536 bits per heavy atom. The second kappa shape index (κ2) is 5.73. The van der Waals surface area contributed by atoms with Crippen LogP contribution in [-0.4, -0.2) is 9.35 Å². The predicted molar refractivity (Wildman–Crippen MR) is 122 cm³/mol. The number of hydrogen-bond donors (Lipinski definition) is 0. The van der Waals surface area contributed by atoms with Crippen molar-refractivity contribution in [1.82, 2.24) is 9.35 Å². The van der Waals surface area contributed by atoms with E-state index in [4.69, 9.17) is 0 Å². The van der Waals surface area contributed by atoms with E-state index in [1.807, 2.05) is 0 Å². The summed E-state index contributed by atoms with van der Waals surface area (Å²) < 4.78 is 5.82. The number of aryl methyl sites for hydroxylation is 1. The summed E-state index contributed by atoms with van der Waals surface area (Å²) >= 11 is 3.65. The highest BCUT2D eigenvalue weighted by molar-refractivity contribution is 9.10. The molecule has 0 unspecified atom stereocenters. The van der Waals surface area contributed by atoms with Crippen LogP contribution in [0.3, 0.4) is 0 Å². The van der Waals surface area contributed by atoms with Gasteiger partial charge in [0.1, 0.15) is 0 Å². The van der Waals surface area contributed by atoms with Crippen molar-refractivity contribution in [2.75, 3.05) is 0 Å². The molecule has 2 aromatic heterocycles. The van der Waals surface area contributed by atoms with E-state index in [1.54, 1.807) is 0 Å². The molecule has 0 radical (unpaired) electrons. The van der Waals surface area contributed by atoms with Crippen molar-refractivity contribution in [2.45, 2.75) is 6.92 Å². The Hall–Kier alpha value is -3.04. The second-order valence-electron chi connectivity index (χ2n) is 7.34. The normalized spacial score (nSPS) is 11.9. The molecule has 0 spiro atoms. The number of halogens is 1. The number of aromatic nitrogens is 2. The first-order valence-corrected chi connectivity index (χ1v) is 10.2. The highest BCUT2D eigenvalue weighted by Crippen LogP contribution is 2.36. The van der Waals surface area contributed by atoms with E-state index in [2.05, 4.69) is 117 Å². The van der Waals surface area contributed by atoms with Crippen LogP contribution in [0.25, 0.3) is 43.6 Å². The maximum atomic E-state index is 3.65. The average molecular weight is 425 g/mol. The summed E-state index contributed by atoms with van der Waals surface area (Å²) in [4.78, 5) is 0. The van der Waals surface area contributed by atoms with Crippen LogP contribution in [0.1, 0.15) is 5.56 Å². The molecule has 0 saturated carbocycles. The molecule has 0 aliphatic rings. The van der Waals surface area contributed by atoms with Crippen molar-refractivity contribution in [2.24, 2.45) is 0 Å². The monoisotopic (exact) mass is 424 g/mol. The molecule has 2 nitrogen and oxygen atoms in total. The van der Waals surface area contributed by atoms with E-state index < -0.39 is 0 Å². The maximum Gasteiger partial charge on any atom is 0.0717 e. The third kappa shape index (κ3) is 2.08. The van der Waals surface area contributed by atoms with Crippen molar-refractivity contribution in [3.8, 4) is 0 Å². The zero-order valence-electron chi connectivity index (χ0n) is 15.4. The van der Waals surface area contributed by atoms with Crippen LogP contribution in [0, 0.1) is 6.92 Å². The lowest BCUT2D eigenvalue weighted by atomic mass is 10.1. The van der Waals surface area contributed by atoms with E-state index in [-0.39, 0.29) is 0 Å². The molecule has 6 aromatic rings. The summed E-state index contributed by atoms with van der Waals surface area (Å²) in [5.74, 6) is 0. The molecular weight excluding hydrogens is 408 g/mol. The molecule has 0 bridgehead atoms. The van der Waals surface area contributed by atoms with E-state index in [9.17, 15) is 0 Å². The molecule has 28 heavy (non-hydrogen) atoms. The van der Waals surface area contributed by atoms with Gasteiger partial charge in [0.15, 0.2) is 0 Å². The maximum absolute atomic E-state index is 3.65. The van der Waals surface area contributed by atoms with E-state index >= 15 is 0 Å². The van der Waals surface area contributed by atoms with Crippen LogP contribution < -0.4 is 0 Å². The van der Waals surface area contributed by atoms with Gasteiger partial charge >= 0.3 is 0 Å². The van der Waals surface area contributed by atoms with Gasteiger partial charge in [-0.25, -0.2) is 9.35 Å². The Kier molecular flexibility index (Phi) is 3.27. The van der Waals surface area contributed by atoms with Crippen molar-refractivity contribution in [1.29, 1.82) is 0 Å². The molecule has 0 fully saturated rings. The summed E-state index contributed by atoms with van der Waals surface area (Å²) in [7, 11) is 0. The SMILES string of the molecule is Cc1ccc2c(c1)c1ccccc1n2-n1c2ccccc2c2cc(Br)ccc21. The second-order valence-corrected chi connectivity index (χ2v) is 8.26. The quantitative estimate of drug-likeness (QED) is 0.262. The van der Waals surface area contributed by atoms with Crippen LogP contribution in [0.4, 0.5) is 0 Å². The number of rotatable bonds is 1. The van der Waals surface area contributed by atoms with Gasteiger partial charge in [-0.05, 0) is 49.4 Å². The van der Waals surface area contributed by atoms with Crippen molar-refractivity contribution < 1.29 is 0 Å². The van der Waals surface area contributed by atoms with Crippen LogP contribution in [-0.2, 0) is 0 Å². The number of para-hydroxylation sites is 2. The summed E-state index contributed by atoms with van der Waals surface area (Å²) in [5, 5.41) is 5.09. The van der Waals surface area contributed by atoms with Gasteiger partial charge in [-0.2, -0.15) is 0 Å². The van der Waals surface area contributed by atoms with E-state index in [1.165, 1.54) is 49.2 Å². The molecule has 2 heterocycles. The van der Waals surface area contributed by atoms with Gasteiger partial charge in [0.2, 0.25) is 0 Å². The van der Waals surface area contributed by atoms with E-state index in [0.717, 1.165) is 4.47 Å². The Morgan fingerprint density at radius 3 is 1.68 bits per heavy atom. The van der Waals surface area contributed by atoms with Gasteiger partial charge in [0, 0.05) is 26.0 Å². The van der Waals surface area contributed by atoms with Gasteiger partial charge in [-0.15, -0.1) is 0 Å². The molecule has 0 aliphatic heterocycles. The fraction of sp³-hybridized carbons (Fsp3) is 0.0400. The molecule has 0 atom stereocenters. The summed E-state index contributed by atoms with van der Waals surface area (Å²) in [5.41, 5.74) is 6.12. The lowest BCUT2D eigenvalue weighted by Crippen LogP contribution is -2.08. The highest BCUT2D eigenvalue weighted by atomic mass is 79.9. The first-order chi connectivity index (χ1) is 13.7. The van der Waals surface area contributed by atoms with Gasteiger partial charge in [-0.1, -0.05) is 64.0 Å². The molecule has 134 valence electrons. The Labute approximate surface area is 170 Å². The zero-order chi connectivity index (χ0) is 18.8. The molecule has 0 aliphatic carbocycles. The van der Waals surface area contributed by atoms with Crippen molar-refractivity contribution in [3.63, 3.8) is 0 Å². The van der Waals surface area contributed by atoms with Crippen LogP contribution in [0.15, 0.2) is 89.4 Å². The molecule has 6 rings (SSSR count). The fourth-order valence-corrected chi connectivity index (χ4v) is 4.78. The lowest BCUT2D eigenvalue weighted by molar-refractivity contribution is 0.774. The topological polar surface area (TPSA) is 9.86 Å². The fourth-order valence-electron chi connectivity index (χ4n) is 4.42. The Balaban J connectivity index is 1.90. The number of benzene rings is 4. The number of hydrogen-bond acceptors (Lipinski definition) is 0. The first-order valence-electron chi connectivity index (χ1n) is 9.41. The average Bonchev–Trinajstić information content (AvgIpc) is 3.20.